The van der Waals surface area contributed by atoms with Crippen LogP contribution in [-0.4, -0.2) is 15.8 Å². The van der Waals surface area contributed by atoms with Crippen LogP contribution in [0.1, 0.15) is 31.4 Å². The summed E-state index contributed by atoms with van der Waals surface area (Å²) in [6.07, 6.45) is 5.71. The number of ether oxygens (including phenoxy) is 1. The lowest BCUT2D eigenvalue weighted by Gasteiger charge is -2.11. The average molecular weight is 352 g/mol. The second-order valence-corrected chi connectivity index (χ2v) is 5.98. The topological polar surface area (TPSA) is 53.1 Å². The smallest absolute Gasteiger partial charge is 0.134 e. The Hall–Kier alpha value is -1.33. The van der Waals surface area contributed by atoms with Crippen LogP contribution < -0.4 is 10.5 Å². The molecule has 1 unspecified atom stereocenters. The van der Waals surface area contributed by atoms with Crippen molar-refractivity contribution in [1.82, 2.24) is 9.78 Å². The average Bonchev–Trinajstić information content (AvgIpc) is 2.94. The zero-order valence-electron chi connectivity index (χ0n) is 12.6. The maximum Gasteiger partial charge on any atom is 0.134 e. The summed E-state index contributed by atoms with van der Waals surface area (Å²) in [6.45, 7) is 5.56. The van der Waals surface area contributed by atoms with Crippen LogP contribution in [0.2, 0.25) is 0 Å². The molecule has 0 bridgehead atoms. The van der Waals surface area contributed by atoms with E-state index >= 15 is 0 Å². The van der Waals surface area contributed by atoms with Crippen molar-refractivity contribution in [3.63, 3.8) is 0 Å². The van der Waals surface area contributed by atoms with E-state index in [1.165, 1.54) is 5.56 Å². The van der Waals surface area contributed by atoms with Gasteiger partial charge in [-0.15, -0.1) is 0 Å². The van der Waals surface area contributed by atoms with Crippen LogP contribution in [0.5, 0.6) is 5.75 Å². The van der Waals surface area contributed by atoms with E-state index in [-0.39, 0.29) is 6.04 Å². The summed E-state index contributed by atoms with van der Waals surface area (Å²) in [5.41, 5.74) is 8.28. The highest BCUT2D eigenvalue weighted by Gasteiger charge is 2.07. The van der Waals surface area contributed by atoms with Gasteiger partial charge in [0.05, 0.1) is 10.7 Å². The second-order valence-electron chi connectivity index (χ2n) is 5.13. The van der Waals surface area contributed by atoms with Gasteiger partial charge < -0.3 is 10.5 Å². The van der Waals surface area contributed by atoms with Crippen molar-refractivity contribution >= 4 is 15.9 Å². The maximum atomic E-state index is 5.99. The zero-order valence-corrected chi connectivity index (χ0v) is 14.1. The van der Waals surface area contributed by atoms with Gasteiger partial charge in [-0.25, -0.2) is 0 Å². The van der Waals surface area contributed by atoms with Crippen molar-refractivity contribution < 1.29 is 4.74 Å². The molecule has 0 aliphatic rings. The molecule has 1 aromatic carbocycles. The lowest BCUT2D eigenvalue weighted by atomic mass is 10.0. The highest BCUT2D eigenvalue weighted by molar-refractivity contribution is 9.10. The Balaban J connectivity index is 1.97. The molecule has 114 valence electrons. The van der Waals surface area contributed by atoms with Crippen LogP contribution in [0.3, 0.4) is 0 Å². The molecule has 1 atom stereocenters. The first-order valence-electron chi connectivity index (χ1n) is 7.30. The first kappa shape index (κ1) is 16.0. The Labute approximate surface area is 134 Å². The van der Waals surface area contributed by atoms with Crippen molar-refractivity contribution in [2.75, 3.05) is 0 Å². The normalized spacial score (nSPS) is 12.4. The van der Waals surface area contributed by atoms with Crippen molar-refractivity contribution in [2.45, 2.75) is 45.9 Å². The van der Waals surface area contributed by atoms with Gasteiger partial charge in [0, 0.05) is 24.3 Å². The largest absolute Gasteiger partial charge is 0.488 e. The van der Waals surface area contributed by atoms with Crippen LogP contribution >= 0.6 is 15.9 Å². The molecule has 5 heteroatoms. The fourth-order valence-electron chi connectivity index (χ4n) is 2.05. The number of halogens is 1. The molecular weight excluding hydrogens is 330 g/mol. The molecule has 1 aromatic heterocycles. The van der Waals surface area contributed by atoms with Crippen LogP contribution in [0.4, 0.5) is 0 Å². The predicted octanol–water partition coefficient (Wildman–Crippen LogP) is 3.52. The van der Waals surface area contributed by atoms with E-state index in [4.69, 9.17) is 10.5 Å². The van der Waals surface area contributed by atoms with E-state index in [9.17, 15) is 0 Å². The first-order valence-corrected chi connectivity index (χ1v) is 8.09. The number of nitrogens with zero attached hydrogens (tertiary/aromatic N) is 2. The molecule has 0 aliphatic carbocycles. The Kier molecular flexibility index (Phi) is 5.82. The summed E-state index contributed by atoms with van der Waals surface area (Å²) < 4.78 is 8.69. The Morgan fingerprint density at radius 3 is 2.76 bits per heavy atom. The summed E-state index contributed by atoms with van der Waals surface area (Å²) in [5, 5.41) is 4.24. The minimum atomic E-state index is 0.212. The summed E-state index contributed by atoms with van der Waals surface area (Å²) in [6, 6.07) is 6.36. The Morgan fingerprint density at radius 1 is 1.33 bits per heavy atom. The first-order chi connectivity index (χ1) is 10.1. The second kappa shape index (κ2) is 7.61. The molecule has 2 aromatic rings. The van der Waals surface area contributed by atoms with Gasteiger partial charge in [-0.05, 0) is 53.4 Å². The van der Waals surface area contributed by atoms with Crippen LogP contribution in [0.25, 0.3) is 0 Å². The van der Waals surface area contributed by atoms with Gasteiger partial charge in [0.15, 0.2) is 0 Å². The molecule has 0 radical (unpaired) electrons. The summed E-state index contributed by atoms with van der Waals surface area (Å²) in [4.78, 5) is 0. The van der Waals surface area contributed by atoms with Crippen LogP contribution in [0, 0.1) is 0 Å². The van der Waals surface area contributed by atoms with Crippen LogP contribution in [-0.2, 0) is 19.6 Å². The quantitative estimate of drug-likeness (QED) is 0.830. The Morgan fingerprint density at radius 2 is 2.14 bits per heavy atom. The molecule has 2 N–H and O–H groups in total. The minimum absolute atomic E-state index is 0.212. The Bertz CT molecular complexity index is 583. The van der Waals surface area contributed by atoms with Gasteiger partial charge in [0.25, 0.3) is 0 Å². The van der Waals surface area contributed by atoms with Gasteiger partial charge in [0.1, 0.15) is 12.4 Å². The fraction of sp³-hybridized carbons (Fsp3) is 0.438. The van der Waals surface area contributed by atoms with E-state index in [0.29, 0.717) is 6.61 Å². The molecule has 0 aliphatic heterocycles. The van der Waals surface area contributed by atoms with Gasteiger partial charge in [-0.1, -0.05) is 13.0 Å². The van der Waals surface area contributed by atoms with Gasteiger partial charge >= 0.3 is 0 Å². The van der Waals surface area contributed by atoms with E-state index < -0.39 is 0 Å². The third kappa shape index (κ3) is 4.58. The van der Waals surface area contributed by atoms with Gasteiger partial charge in [-0.3, -0.25) is 4.68 Å². The van der Waals surface area contributed by atoms with Crippen LogP contribution in [0.15, 0.2) is 35.1 Å². The monoisotopic (exact) mass is 351 g/mol. The van der Waals surface area contributed by atoms with E-state index in [0.717, 1.165) is 35.2 Å². The highest BCUT2D eigenvalue weighted by atomic mass is 79.9. The molecule has 0 fully saturated rings. The number of nitrogens with two attached hydrogens (primary N) is 1. The van der Waals surface area contributed by atoms with Crippen molar-refractivity contribution in [1.29, 1.82) is 0 Å². The number of hydrogen-bond acceptors (Lipinski definition) is 3. The van der Waals surface area contributed by atoms with Crippen molar-refractivity contribution in [3.05, 3.63) is 46.2 Å². The molecule has 0 saturated heterocycles. The maximum absolute atomic E-state index is 5.99. The van der Waals surface area contributed by atoms with E-state index in [1.807, 2.05) is 23.1 Å². The minimum Gasteiger partial charge on any atom is -0.488 e. The highest BCUT2D eigenvalue weighted by Crippen LogP contribution is 2.27. The standard InChI is InChI=1S/C16H22BrN3O/c1-3-14(18)7-12-5-6-16(15(17)8-12)21-11-13-9-19-20(4-2)10-13/h5-6,8-10,14H,3-4,7,11,18H2,1-2H3. The molecule has 1 heterocycles. The number of benzene rings is 1. The SMILES string of the molecule is CCC(N)Cc1ccc(OCc2cnn(CC)c2)c(Br)c1. The number of aryl methyl sites for hydroxylation is 1. The number of hydrogen-bond donors (Lipinski definition) is 1. The third-order valence-electron chi connectivity index (χ3n) is 3.42. The lowest BCUT2D eigenvalue weighted by molar-refractivity contribution is 0.304. The molecule has 4 nitrogen and oxygen atoms in total. The third-order valence-corrected chi connectivity index (χ3v) is 4.04. The molecule has 0 amide bonds. The summed E-state index contributed by atoms with van der Waals surface area (Å²) in [5.74, 6) is 0.841. The molecule has 0 saturated carbocycles. The van der Waals surface area contributed by atoms with E-state index in [1.54, 1.807) is 0 Å². The summed E-state index contributed by atoms with van der Waals surface area (Å²) >= 11 is 3.56. The molecule has 0 spiro atoms. The van der Waals surface area contributed by atoms with E-state index in [2.05, 4.69) is 47.0 Å². The zero-order chi connectivity index (χ0) is 15.2. The van der Waals surface area contributed by atoms with Crippen molar-refractivity contribution in [3.8, 4) is 5.75 Å². The van der Waals surface area contributed by atoms with Gasteiger partial charge in [0.2, 0.25) is 0 Å². The number of rotatable bonds is 7. The number of aromatic nitrogens is 2. The fourth-order valence-corrected chi connectivity index (χ4v) is 2.59. The van der Waals surface area contributed by atoms with Gasteiger partial charge in [-0.2, -0.15) is 5.10 Å². The molecular formula is C16H22BrN3O. The molecule has 2 rings (SSSR count). The summed E-state index contributed by atoms with van der Waals surface area (Å²) in [7, 11) is 0. The van der Waals surface area contributed by atoms with Crippen molar-refractivity contribution in [2.24, 2.45) is 5.73 Å². The molecule has 21 heavy (non-hydrogen) atoms. The predicted molar refractivity (Wildman–Crippen MR) is 88.3 cm³/mol. The lowest BCUT2D eigenvalue weighted by Crippen LogP contribution is -2.21.